The van der Waals surface area contributed by atoms with Crippen molar-refractivity contribution >= 4 is 21.8 Å². The Bertz CT molecular complexity index is 1370. The molecular weight excluding hydrogens is 391 g/mol. The van der Waals surface area contributed by atoms with Crippen LogP contribution in [-0.2, 0) is 5.60 Å². The maximum Gasteiger partial charge on any atom is 0.145 e. The highest BCUT2D eigenvalue weighted by Crippen LogP contribution is 2.37. The molecule has 3 aromatic carbocycles. The molecule has 0 aliphatic rings. The molecule has 0 radical (unpaired) electrons. The summed E-state index contributed by atoms with van der Waals surface area (Å²) >= 11 is 0. The summed E-state index contributed by atoms with van der Waals surface area (Å²) in [7, 11) is 0. The van der Waals surface area contributed by atoms with Crippen LogP contribution in [0.15, 0.2) is 73.1 Å². The standard InChI is InChI=1S/C23H16F3N3O/c24-13-23(30,18-12-27-20-3-1-2-19(26)22(18)20)15-4-9-21-14(10-15)11-28-29(21)17-7-5-16(25)6-8-17/h1-12,27,30H,13H2. The van der Waals surface area contributed by atoms with Crippen molar-refractivity contribution in [1.82, 2.24) is 14.8 Å². The van der Waals surface area contributed by atoms with Crippen molar-refractivity contribution in [3.8, 4) is 5.69 Å². The minimum Gasteiger partial charge on any atom is -0.378 e. The van der Waals surface area contributed by atoms with Crippen LogP contribution < -0.4 is 0 Å². The van der Waals surface area contributed by atoms with Crippen LogP contribution in [0.1, 0.15) is 11.1 Å². The minimum absolute atomic E-state index is 0.128. The van der Waals surface area contributed by atoms with E-state index < -0.39 is 18.1 Å². The molecule has 0 aliphatic heterocycles. The zero-order chi connectivity index (χ0) is 20.9. The van der Waals surface area contributed by atoms with Gasteiger partial charge in [-0.15, -0.1) is 0 Å². The molecule has 2 N–H and O–H groups in total. The van der Waals surface area contributed by atoms with Crippen molar-refractivity contribution < 1.29 is 18.3 Å². The number of aromatic nitrogens is 3. The van der Waals surface area contributed by atoms with Crippen LogP contribution >= 0.6 is 0 Å². The van der Waals surface area contributed by atoms with Gasteiger partial charge < -0.3 is 10.1 Å². The second-order valence-electron chi connectivity index (χ2n) is 7.17. The van der Waals surface area contributed by atoms with Gasteiger partial charge in [0.25, 0.3) is 0 Å². The molecule has 0 amide bonds. The fourth-order valence-corrected chi connectivity index (χ4v) is 3.85. The van der Waals surface area contributed by atoms with Crippen molar-refractivity contribution in [3.05, 3.63) is 95.8 Å². The third-order valence-electron chi connectivity index (χ3n) is 5.41. The Hall–Kier alpha value is -3.58. The predicted molar refractivity (Wildman–Crippen MR) is 108 cm³/mol. The Morgan fingerprint density at radius 3 is 2.60 bits per heavy atom. The summed E-state index contributed by atoms with van der Waals surface area (Å²) in [5.41, 5.74) is 0.216. The zero-order valence-corrected chi connectivity index (χ0v) is 15.6. The van der Waals surface area contributed by atoms with Crippen molar-refractivity contribution in [2.75, 3.05) is 6.67 Å². The maximum absolute atomic E-state index is 14.4. The Morgan fingerprint density at radius 1 is 1.03 bits per heavy atom. The van der Waals surface area contributed by atoms with Crippen LogP contribution in [0.2, 0.25) is 0 Å². The molecule has 2 aromatic heterocycles. The van der Waals surface area contributed by atoms with E-state index in [4.69, 9.17) is 0 Å². The predicted octanol–water partition coefficient (Wildman–Crippen LogP) is 4.99. The lowest BCUT2D eigenvalue weighted by Crippen LogP contribution is -2.29. The van der Waals surface area contributed by atoms with E-state index in [1.54, 1.807) is 53.3 Å². The van der Waals surface area contributed by atoms with Crippen molar-refractivity contribution in [2.45, 2.75) is 5.60 Å². The summed E-state index contributed by atoms with van der Waals surface area (Å²) in [5, 5.41) is 16.4. The Labute approximate surface area is 169 Å². The van der Waals surface area contributed by atoms with E-state index in [-0.39, 0.29) is 22.3 Å². The SMILES string of the molecule is OC(CF)(c1ccc2c(cnn2-c2ccc(F)cc2)c1)c1c[nH]c2cccc(F)c12. The second kappa shape index (κ2) is 6.74. The number of aromatic amines is 1. The molecule has 1 atom stereocenters. The van der Waals surface area contributed by atoms with Crippen LogP contribution in [0.4, 0.5) is 13.2 Å². The van der Waals surface area contributed by atoms with Crippen LogP contribution in [0.3, 0.4) is 0 Å². The molecule has 4 nitrogen and oxygen atoms in total. The second-order valence-corrected chi connectivity index (χ2v) is 7.17. The van der Waals surface area contributed by atoms with Gasteiger partial charge in [-0.3, -0.25) is 0 Å². The largest absolute Gasteiger partial charge is 0.378 e. The minimum atomic E-state index is -2.04. The zero-order valence-electron chi connectivity index (χ0n) is 15.6. The number of benzene rings is 3. The molecule has 5 aromatic rings. The smallest absolute Gasteiger partial charge is 0.145 e. The number of hydrogen-bond acceptors (Lipinski definition) is 2. The molecule has 5 rings (SSSR count). The fourth-order valence-electron chi connectivity index (χ4n) is 3.85. The molecule has 7 heteroatoms. The van der Waals surface area contributed by atoms with Gasteiger partial charge in [0.15, 0.2) is 0 Å². The van der Waals surface area contributed by atoms with Gasteiger partial charge >= 0.3 is 0 Å². The molecule has 0 saturated carbocycles. The van der Waals surface area contributed by atoms with Gasteiger partial charge in [0.1, 0.15) is 23.9 Å². The van der Waals surface area contributed by atoms with Gasteiger partial charge in [-0.05, 0) is 54.1 Å². The lowest BCUT2D eigenvalue weighted by Gasteiger charge is -2.25. The van der Waals surface area contributed by atoms with Crippen LogP contribution in [0.25, 0.3) is 27.5 Å². The summed E-state index contributed by atoms with van der Waals surface area (Å²) in [6.45, 7) is -1.13. The van der Waals surface area contributed by atoms with Crippen molar-refractivity contribution in [2.24, 2.45) is 0 Å². The number of hydrogen-bond donors (Lipinski definition) is 2. The third kappa shape index (κ3) is 2.70. The number of halogens is 3. The monoisotopic (exact) mass is 407 g/mol. The molecule has 0 spiro atoms. The molecule has 30 heavy (non-hydrogen) atoms. The van der Waals surface area contributed by atoms with Crippen LogP contribution in [-0.4, -0.2) is 26.5 Å². The van der Waals surface area contributed by atoms with E-state index in [0.29, 0.717) is 22.1 Å². The Morgan fingerprint density at radius 2 is 1.83 bits per heavy atom. The summed E-state index contributed by atoms with van der Waals surface area (Å²) < 4.78 is 43.5. The quantitative estimate of drug-likeness (QED) is 0.441. The highest BCUT2D eigenvalue weighted by atomic mass is 19.1. The number of H-pyrrole nitrogens is 1. The summed E-state index contributed by atoms with van der Waals surface area (Å²) in [5.74, 6) is -0.891. The third-order valence-corrected chi connectivity index (χ3v) is 5.41. The Kier molecular flexibility index (Phi) is 4.15. The average Bonchev–Trinajstić information content (AvgIpc) is 3.39. The number of rotatable bonds is 4. The lowest BCUT2D eigenvalue weighted by molar-refractivity contribution is 0.0532. The van der Waals surface area contributed by atoms with E-state index >= 15 is 0 Å². The Balaban J connectivity index is 1.65. The lowest BCUT2D eigenvalue weighted by atomic mass is 9.86. The molecule has 2 heterocycles. The number of alkyl halides is 1. The van der Waals surface area contributed by atoms with E-state index in [2.05, 4.69) is 10.1 Å². The van der Waals surface area contributed by atoms with Gasteiger partial charge in [0.05, 0.1) is 17.4 Å². The number of aliphatic hydroxyl groups is 1. The first-order valence-corrected chi connectivity index (χ1v) is 9.30. The highest BCUT2D eigenvalue weighted by Gasteiger charge is 2.35. The molecule has 0 fully saturated rings. The highest BCUT2D eigenvalue weighted by molar-refractivity contribution is 5.86. The molecule has 150 valence electrons. The molecular formula is C23H16F3N3O. The number of nitrogens with zero attached hydrogens (tertiary/aromatic N) is 2. The van der Waals surface area contributed by atoms with Gasteiger partial charge in [-0.25, -0.2) is 17.9 Å². The first kappa shape index (κ1) is 18.4. The van der Waals surface area contributed by atoms with Gasteiger partial charge in [-0.1, -0.05) is 12.1 Å². The van der Waals surface area contributed by atoms with E-state index in [0.717, 1.165) is 0 Å². The first-order chi connectivity index (χ1) is 14.5. The summed E-state index contributed by atoms with van der Waals surface area (Å²) in [6.07, 6.45) is 3.01. The van der Waals surface area contributed by atoms with Gasteiger partial charge in [-0.2, -0.15) is 5.10 Å². The topological polar surface area (TPSA) is 53.8 Å². The van der Waals surface area contributed by atoms with Crippen LogP contribution in [0.5, 0.6) is 0 Å². The molecule has 0 bridgehead atoms. The molecule has 0 saturated heterocycles. The van der Waals surface area contributed by atoms with Gasteiger partial charge in [0, 0.05) is 28.0 Å². The first-order valence-electron chi connectivity index (χ1n) is 9.30. The molecule has 1 unspecified atom stereocenters. The summed E-state index contributed by atoms with van der Waals surface area (Å²) in [6, 6.07) is 15.3. The molecule has 0 aliphatic carbocycles. The summed E-state index contributed by atoms with van der Waals surface area (Å²) in [4.78, 5) is 2.89. The number of nitrogens with one attached hydrogen (secondary N) is 1. The van der Waals surface area contributed by atoms with Crippen molar-refractivity contribution in [3.63, 3.8) is 0 Å². The fraction of sp³-hybridized carbons (Fsp3) is 0.0870. The average molecular weight is 407 g/mol. The van der Waals surface area contributed by atoms with E-state index in [9.17, 15) is 18.3 Å². The van der Waals surface area contributed by atoms with E-state index in [1.807, 2.05) is 0 Å². The van der Waals surface area contributed by atoms with E-state index in [1.165, 1.54) is 24.4 Å². The van der Waals surface area contributed by atoms with Crippen molar-refractivity contribution in [1.29, 1.82) is 0 Å². The number of fused-ring (bicyclic) bond motifs is 2. The normalized spacial score (nSPS) is 13.7. The van der Waals surface area contributed by atoms with Crippen LogP contribution in [0, 0.1) is 11.6 Å². The van der Waals surface area contributed by atoms with Gasteiger partial charge in [0.2, 0.25) is 0 Å². The maximum atomic E-state index is 14.4.